The molecule has 12 aromatic carbocycles. The molecule has 0 radical (unpaired) electrons. The van der Waals surface area contributed by atoms with Crippen LogP contribution in [0.1, 0.15) is 105 Å². The zero-order valence-electron chi connectivity index (χ0n) is 56.1. The molecule has 95 heavy (non-hydrogen) atoms. The number of aromatic nitrogens is 2. The van der Waals surface area contributed by atoms with Crippen LogP contribution in [0.3, 0.4) is 0 Å². The van der Waals surface area contributed by atoms with Gasteiger partial charge in [0, 0.05) is 121 Å². The number of anilines is 6. The molecule has 0 atom stereocenters. The number of hydrogen-bond acceptors (Lipinski definition) is 5. The molecule has 5 aromatic heterocycles. The Labute approximate surface area is 558 Å². The van der Waals surface area contributed by atoms with Gasteiger partial charge in [0.15, 0.2) is 0 Å². The van der Waals surface area contributed by atoms with E-state index in [9.17, 15) is 0 Å². The van der Waals surface area contributed by atoms with Crippen LogP contribution < -0.4 is 9.80 Å². The van der Waals surface area contributed by atoms with Gasteiger partial charge in [-0.3, -0.25) is 0 Å². The molecule has 0 aliphatic carbocycles. The molecule has 7 heteroatoms. The van der Waals surface area contributed by atoms with Gasteiger partial charge in [0.25, 0.3) is 0 Å². The molecule has 0 aliphatic heterocycles. The topological polar surface area (TPSA) is 42.6 Å². The van der Waals surface area contributed by atoms with E-state index < -0.39 is 0 Å². The molecule has 6 nitrogen and oxygen atoms in total. The van der Waals surface area contributed by atoms with E-state index in [2.05, 4.69) is 345 Å². The molecule has 0 fully saturated rings. The first-order chi connectivity index (χ1) is 45.6. The summed E-state index contributed by atoms with van der Waals surface area (Å²) in [6, 6.07) is 90.0. The summed E-state index contributed by atoms with van der Waals surface area (Å²) in [5.41, 5.74) is 21.9. The van der Waals surface area contributed by atoms with Gasteiger partial charge >= 0.3 is 0 Å². The van der Waals surface area contributed by atoms with Crippen molar-refractivity contribution in [2.24, 2.45) is 0 Å². The average Bonchev–Trinajstić information content (AvgIpc) is 1.60. The van der Waals surface area contributed by atoms with Crippen molar-refractivity contribution in [1.82, 2.24) is 9.13 Å². The Morgan fingerprint density at radius 3 is 0.937 bits per heavy atom. The molecule has 17 aromatic rings. The number of thiophene rings is 1. The van der Waals surface area contributed by atoms with Crippen molar-refractivity contribution in [2.75, 3.05) is 9.80 Å². The second-order valence-electron chi connectivity index (χ2n) is 30.3. The molecule has 466 valence electrons. The van der Waals surface area contributed by atoms with Crippen molar-refractivity contribution in [3.8, 4) is 11.4 Å². The second-order valence-corrected chi connectivity index (χ2v) is 31.4. The zero-order chi connectivity index (χ0) is 65.2. The first-order valence-corrected chi connectivity index (χ1v) is 34.2. The van der Waals surface area contributed by atoms with Crippen LogP contribution in [0.15, 0.2) is 251 Å². The number of fused-ring (bicyclic) bond motifs is 15. The fourth-order valence-electron chi connectivity index (χ4n) is 14.6. The largest absolute Gasteiger partial charge is 0.456 e. The van der Waals surface area contributed by atoms with Crippen LogP contribution in [0.25, 0.3) is 119 Å². The number of nitrogens with zero attached hydrogens (tertiary/aromatic N) is 4. The Morgan fingerprint density at radius 1 is 0.253 bits per heavy atom. The number of benzene rings is 12. The zero-order valence-corrected chi connectivity index (χ0v) is 56.9. The molecular formula is C88H76N4O2S. The predicted octanol–water partition coefficient (Wildman–Crippen LogP) is 26.2. The average molecular weight is 1250 g/mol. The van der Waals surface area contributed by atoms with Crippen LogP contribution in [0.4, 0.5) is 34.1 Å². The lowest BCUT2D eigenvalue weighted by atomic mass is 9.80. The van der Waals surface area contributed by atoms with E-state index in [1.807, 2.05) is 11.3 Å². The Bertz CT molecular complexity index is 5530. The van der Waals surface area contributed by atoms with Gasteiger partial charge in [-0.1, -0.05) is 180 Å². The maximum atomic E-state index is 7.00. The smallest absolute Gasteiger partial charge is 0.137 e. The number of para-hydroxylation sites is 4. The maximum absolute atomic E-state index is 7.00. The highest BCUT2D eigenvalue weighted by molar-refractivity contribution is 7.26. The number of rotatable bonds is 8. The van der Waals surface area contributed by atoms with Gasteiger partial charge < -0.3 is 27.8 Å². The van der Waals surface area contributed by atoms with Gasteiger partial charge in [0.2, 0.25) is 0 Å². The highest BCUT2D eigenvalue weighted by atomic mass is 32.1. The molecule has 0 saturated heterocycles. The summed E-state index contributed by atoms with van der Waals surface area (Å²) in [6.07, 6.45) is 0. The quantitative estimate of drug-likeness (QED) is 0.152. The van der Waals surface area contributed by atoms with Crippen molar-refractivity contribution in [2.45, 2.75) is 105 Å². The van der Waals surface area contributed by atoms with Crippen LogP contribution in [0.2, 0.25) is 0 Å². The summed E-state index contributed by atoms with van der Waals surface area (Å²) < 4.78 is 21.4. The van der Waals surface area contributed by atoms with E-state index in [4.69, 9.17) is 8.83 Å². The van der Waals surface area contributed by atoms with Crippen molar-refractivity contribution in [1.29, 1.82) is 0 Å². The maximum Gasteiger partial charge on any atom is 0.137 e. The van der Waals surface area contributed by atoms with E-state index in [1.54, 1.807) is 0 Å². The minimum absolute atomic E-state index is 0.0336. The van der Waals surface area contributed by atoms with E-state index in [-0.39, 0.29) is 21.7 Å². The second kappa shape index (κ2) is 21.1. The molecule has 0 saturated carbocycles. The summed E-state index contributed by atoms with van der Waals surface area (Å²) >= 11 is 1.83. The van der Waals surface area contributed by atoms with Crippen molar-refractivity contribution in [3.05, 3.63) is 265 Å². The fraction of sp³-hybridized carbons (Fsp3) is 0.182. The van der Waals surface area contributed by atoms with Gasteiger partial charge in [-0.05, 0) is 177 Å². The summed E-state index contributed by atoms with van der Waals surface area (Å²) in [7, 11) is 0. The van der Waals surface area contributed by atoms with Gasteiger partial charge in [-0.25, -0.2) is 0 Å². The molecule has 5 heterocycles. The Hall–Kier alpha value is -10.3. The van der Waals surface area contributed by atoms with Gasteiger partial charge in [0.1, 0.15) is 22.3 Å². The first-order valence-electron chi connectivity index (χ1n) is 33.4. The highest BCUT2D eigenvalue weighted by Gasteiger charge is 2.28. The molecule has 0 amide bonds. The molecule has 0 bridgehead atoms. The summed E-state index contributed by atoms with van der Waals surface area (Å²) in [6.45, 7) is 27.8. The van der Waals surface area contributed by atoms with Crippen LogP contribution in [-0.4, -0.2) is 9.13 Å². The lowest BCUT2D eigenvalue weighted by Gasteiger charge is -2.27. The number of furan rings is 2. The predicted molar refractivity (Wildman–Crippen MR) is 407 cm³/mol. The third-order valence-electron chi connectivity index (χ3n) is 19.8. The molecule has 0 spiro atoms. The van der Waals surface area contributed by atoms with Gasteiger partial charge in [0.05, 0.1) is 22.1 Å². The molecule has 17 rings (SSSR count). The minimum Gasteiger partial charge on any atom is -0.456 e. The Balaban J connectivity index is 0.755. The summed E-state index contributed by atoms with van der Waals surface area (Å²) in [5, 5.41) is 11.6. The molecule has 0 N–H and O–H groups in total. The van der Waals surface area contributed by atoms with Crippen molar-refractivity contribution in [3.63, 3.8) is 0 Å². The molecule has 0 aliphatic rings. The summed E-state index contributed by atoms with van der Waals surface area (Å²) in [5.74, 6) is 0. The SMILES string of the molecule is CC(C)(C)c1cc(-n2c3ccccc3c3ccc(N(c4ccccc4)c4ccc5c(c4)oc4cc6c(cc45)sc4cc5c(cc46)oc4cc(N(c6ccccc6)c6ccc7c8ccccc8n(-c8cc(C(C)(C)C)cc(C(C)(C)C)c8)c7c6)ccc45)cc32)cc(C(C)(C)C)c1. The Kier molecular flexibility index (Phi) is 13.0. The molecule has 0 unspecified atom stereocenters. The van der Waals surface area contributed by atoms with Crippen molar-refractivity contribution >= 4 is 153 Å². The van der Waals surface area contributed by atoms with Crippen LogP contribution in [0.5, 0.6) is 0 Å². The van der Waals surface area contributed by atoms with Crippen molar-refractivity contribution < 1.29 is 8.83 Å². The minimum atomic E-state index is -0.0336. The Morgan fingerprint density at radius 2 is 0.568 bits per heavy atom. The van der Waals surface area contributed by atoms with E-state index in [1.165, 1.54) is 75.6 Å². The number of hydrogen-bond donors (Lipinski definition) is 0. The highest BCUT2D eigenvalue weighted by Crippen LogP contribution is 2.48. The normalized spacial score (nSPS) is 12.8. The lowest BCUT2D eigenvalue weighted by molar-refractivity contribution is 0.567. The lowest BCUT2D eigenvalue weighted by Crippen LogP contribution is -2.17. The third-order valence-corrected chi connectivity index (χ3v) is 20.9. The standard InChI is InChI=1S/C88H76N4O2S/c1-85(2,3)53-39-54(86(4,5)6)42-63(41-53)91-75-29-21-19-27-65(75)67-35-31-59(45-77(67)91)89(57-23-15-13-16-24-57)61-33-37-69-71-51-83-73(49-81(71)93-79(69)47-61)74-50-82-72(52-84(74)95-83)70-38-34-62(48-80(70)94-82)90(58-25-17-14-18-26-58)60-32-36-68-66-28-20-22-30-76(66)92(78(68)46-60)64-43-55(87(7,8)9)40-56(44-64)88(10,11)12/h13-52H,1-12H3. The van der Waals surface area contributed by atoms with Crippen LogP contribution >= 0.6 is 11.3 Å². The summed E-state index contributed by atoms with van der Waals surface area (Å²) in [4.78, 5) is 4.73. The van der Waals surface area contributed by atoms with E-state index in [0.717, 1.165) is 99.8 Å². The third kappa shape index (κ3) is 9.71. The fourth-order valence-corrected chi connectivity index (χ4v) is 15.7. The monoisotopic (exact) mass is 1250 g/mol. The van der Waals surface area contributed by atoms with Gasteiger partial charge in [-0.15, -0.1) is 11.3 Å². The van der Waals surface area contributed by atoms with Crippen LogP contribution in [0, 0.1) is 0 Å². The van der Waals surface area contributed by atoms with E-state index >= 15 is 0 Å². The van der Waals surface area contributed by atoms with Crippen LogP contribution in [-0.2, 0) is 21.7 Å². The molecular weight excluding hydrogens is 1180 g/mol. The first kappa shape index (κ1) is 58.5. The van der Waals surface area contributed by atoms with E-state index in [0.29, 0.717) is 0 Å². The van der Waals surface area contributed by atoms with Gasteiger partial charge in [-0.2, -0.15) is 0 Å².